The molecule has 2 rings (SSSR count). The van der Waals surface area contributed by atoms with E-state index < -0.39 is 11.6 Å². The number of rotatable bonds is 3. The van der Waals surface area contributed by atoms with E-state index in [0.717, 1.165) is 0 Å². The Bertz CT molecular complexity index is 443. The van der Waals surface area contributed by atoms with Crippen LogP contribution in [0.2, 0.25) is 0 Å². The zero-order valence-corrected chi connectivity index (χ0v) is 11.8. The highest BCUT2D eigenvalue weighted by Gasteiger charge is 2.41. The van der Waals surface area contributed by atoms with E-state index in [9.17, 15) is 9.90 Å². The molecule has 1 fully saturated rings. The molecule has 2 heterocycles. The van der Waals surface area contributed by atoms with E-state index in [0.29, 0.717) is 13.1 Å². The van der Waals surface area contributed by atoms with Crippen molar-refractivity contribution in [2.24, 2.45) is 0 Å². The minimum atomic E-state index is -0.794. The lowest BCUT2D eigenvalue weighted by atomic mass is 10.0. The number of hydrogen-bond donors (Lipinski definition) is 1. The van der Waals surface area contributed by atoms with Crippen LogP contribution in [0.5, 0.6) is 0 Å². The monoisotopic (exact) mass is 267 g/mol. The van der Waals surface area contributed by atoms with Crippen molar-refractivity contribution in [2.45, 2.75) is 31.5 Å². The third kappa shape index (κ3) is 2.48. The first-order valence-electron chi connectivity index (χ1n) is 6.33. The van der Waals surface area contributed by atoms with E-state index >= 15 is 0 Å². The first kappa shape index (κ1) is 14.0. The fraction of sp³-hybridized carbons (Fsp3) is 0.750. The number of β-amino-alcohol motifs (C(OH)–C–C–N with tert-alkyl or cyclic N) is 1. The van der Waals surface area contributed by atoms with E-state index in [1.54, 1.807) is 23.4 Å². The van der Waals surface area contributed by atoms with E-state index in [1.807, 2.05) is 19.0 Å². The average Bonchev–Trinajstić information content (AvgIpc) is 2.96. The van der Waals surface area contributed by atoms with Crippen molar-refractivity contribution in [1.29, 1.82) is 0 Å². The molecule has 2 atom stereocenters. The van der Waals surface area contributed by atoms with Gasteiger partial charge in [-0.25, -0.2) is 9.67 Å². The molecule has 1 aromatic heterocycles. The highest BCUT2D eigenvalue weighted by Crippen LogP contribution is 2.22. The summed E-state index contributed by atoms with van der Waals surface area (Å²) in [7, 11) is 3.81. The Labute approximate surface area is 112 Å². The summed E-state index contributed by atoms with van der Waals surface area (Å²) in [4.78, 5) is 20.1. The number of hydrogen-bond acceptors (Lipinski definition) is 5. The zero-order chi connectivity index (χ0) is 14.2. The van der Waals surface area contributed by atoms with Gasteiger partial charge >= 0.3 is 0 Å². The largest absolute Gasteiger partial charge is 0.390 e. The molecule has 1 amide bonds. The Morgan fingerprint density at radius 2 is 2.11 bits per heavy atom. The third-order valence-corrected chi connectivity index (χ3v) is 3.72. The van der Waals surface area contributed by atoms with Gasteiger partial charge in [-0.2, -0.15) is 5.10 Å². The lowest BCUT2D eigenvalue weighted by Gasteiger charge is -2.29. The Kier molecular flexibility index (Phi) is 3.60. The molecule has 1 aliphatic heterocycles. The molecule has 7 heteroatoms. The maximum atomic E-state index is 12.6. The van der Waals surface area contributed by atoms with E-state index in [2.05, 4.69) is 10.1 Å². The van der Waals surface area contributed by atoms with Crippen LogP contribution in [0.3, 0.4) is 0 Å². The number of carbonyl (C=O) groups is 1. The third-order valence-electron chi connectivity index (χ3n) is 3.72. The van der Waals surface area contributed by atoms with Gasteiger partial charge < -0.3 is 14.9 Å². The summed E-state index contributed by atoms with van der Waals surface area (Å²) in [5, 5.41) is 14.0. The van der Waals surface area contributed by atoms with Gasteiger partial charge in [0.2, 0.25) is 5.91 Å². The molecule has 1 N–H and O–H groups in total. The second kappa shape index (κ2) is 4.90. The van der Waals surface area contributed by atoms with Gasteiger partial charge in [0.05, 0.1) is 12.1 Å². The van der Waals surface area contributed by atoms with Gasteiger partial charge in [-0.3, -0.25) is 4.79 Å². The Morgan fingerprint density at radius 3 is 2.58 bits per heavy atom. The second-order valence-corrected chi connectivity index (χ2v) is 5.71. The smallest absolute Gasteiger partial charge is 0.250 e. The molecule has 0 aliphatic carbocycles. The maximum absolute atomic E-state index is 12.6. The predicted octanol–water partition coefficient (Wildman–Crippen LogP) is -0.853. The van der Waals surface area contributed by atoms with Crippen LogP contribution >= 0.6 is 0 Å². The van der Waals surface area contributed by atoms with Crippen LogP contribution in [0.4, 0.5) is 0 Å². The molecule has 7 nitrogen and oxygen atoms in total. The number of aliphatic hydroxyl groups is 1. The fourth-order valence-electron chi connectivity index (χ4n) is 2.42. The predicted molar refractivity (Wildman–Crippen MR) is 69.4 cm³/mol. The molecule has 1 aromatic rings. The maximum Gasteiger partial charge on any atom is 0.250 e. The van der Waals surface area contributed by atoms with Crippen LogP contribution in [0.25, 0.3) is 0 Å². The quantitative estimate of drug-likeness (QED) is 0.772. The van der Waals surface area contributed by atoms with Gasteiger partial charge in [0, 0.05) is 13.1 Å². The summed E-state index contributed by atoms with van der Waals surface area (Å²) in [6.45, 7) is 4.50. The Hall–Kier alpha value is -1.47. The van der Waals surface area contributed by atoms with Crippen LogP contribution in [0.1, 0.15) is 13.8 Å². The highest BCUT2D eigenvalue weighted by atomic mass is 16.3. The fourth-order valence-corrected chi connectivity index (χ4v) is 2.42. The SMILES string of the molecule is CN(C)[C@@H]1CN(C(=O)C(C)(C)n2cncn2)C[C@H]1O. The van der Waals surface area contributed by atoms with Crippen molar-refractivity contribution < 1.29 is 9.90 Å². The molecular formula is C12H21N5O2. The normalized spacial score (nSPS) is 24.2. The van der Waals surface area contributed by atoms with E-state index in [1.165, 1.54) is 12.7 Å². The summed E-state index contributed by atoms with van der Waals surface area (Å²) >= 11 is 0. The second-order valence-electron chi connectivity index (χ2n) is 5.71. The molecule has 0 aromatic carbocycles. The number of likely N-dealkylation sites (tertiary alicyclic amines) is 1. The van der Waals surface area contributed by atoms with Crippen LogP contribution < -0.4 is 0 Å². The van der Waals surface area contributed by atoms with Crippen LogP contribution in [-0.2, 0) is 10.3 Å². The molecule has 0 unspecified atom stereocenters. The number of amides is 1. The molecular weight excluding hydrogens is 246 g/mol. The molecule has 1 saturated heterocycles. The van der Waals surface area contributed by atoms with Gasteiger partial charge in [0.15, 0.2) is 0 Å². The van der Waals surface area contributed by atoms with Gasteiger partial charge in [-0.05, 0) is 27.9 Å². The molecule has 0 saturated carbocycles. The van der Waals surface area contributed by atoms with Crippen molar-refractivity contribution in [1.82, 2.24) is 24.6 Å². The van der Waals surface area contributed by atoms with Crippen LogP contribution in [0, 0.1) is 0 Å². The summed E-state index contributed by atoms with van der Waals surface area (Å²) < 4.78 is 1.55. The first-order chi connectivity index (χ1) is 8.84. The molecule has 0 bridgehead atoms. The van der Waals surface area contributed by atoms with Crippen molar-refractivity contribution in [3.8, 4) is 0 Å². The van der Waals surface area contributed by atoms with Gasteiger partial charge in [-0.1, -0.05) is 0 Å². The number of likely N-dealkylation sites (N-methyl/N-ethyl adjacent to an activating group) is 1. The molecule has 0 spiro atoms. The van der Waals surface area contributed by atoms with Gasteiger partial charge in [0.25, 0.3) is 0 Å². The summed E-state index contributed by atoms with van der Waals surface area (Å²) in [5.74, 6) is -0.0543. The van der Waals surface area contributed by atoms with E-state index in [-0.39, 0.29) is 11.9 Å². The Balaban J connectivity index is 2.13. The molecule has 1 aliphatic rings. The summed E-state index contributed by atoms with van der Waals surface area (Å²) in [6.07, 6.45) is 2.44. The lowest BCUT2D eigenvalue weighted by molar-refractivity contribution is -0.139. The van der Waals surface area contributed by atoms with Gasteiger partial charge in [0.1, 0.15) is 18.2 Å². The summed E-state index contributed by atoms with van der Waals surface area (Å²) in [5.41, 5.74) is -0.794. The van der Waals surface area contributed by atoms with E-state index in [4.69, 9.17) is 0 Å². The van der Waals surface area contributed by atoms with Crippen molar-refractivity contribution in [3.05, 3.63) is 12.7 Å². The highest BCUT2D eigenvalue weighted by molar-refractivity contribution is 5.84. The van der Waals surface area contributed by atoms with Crippen molar-refractivity contribution in [3.63, 3.8) is 0 Å². The number of aliphatic hydroxyl groups excluding tert-OH is 1. The minimum Gasteiger partial charge on any atom is -0.390 e. The number of carbonyl (C=O) groups excluding carboxylic acids is 1. The molecule has 0 radical (unpaired) electrons. The van der Waals surface area contributed by atoms with Gasteiger partial charge in [-0.15, -0.1) is 0 Å². The van der Waals surface area contributed by atoms with Crippen molar-refractivity contribution in [2.75, 3.05) is 27.2 Å². The minimum absolute atomic E-state index is 0.0181. The number of nitrogens with zero attached hydrogens (tertiary/aromatic N) is 5. The summed E-state index contributed by atoms with van der Waals surface area (Å²) in [6, 6.07) is -0.0181. The average molecular weight is 267 g/mol. The molecule has 106 valence electrons. The van der Waals surface area contributed by atoms with Crippen LogP contribution in [-0.4, -0.2) is 74.9 Å². The zero-order valence-electron chi connectivity index (χ0n) is 11.8. The Morgan fingerprint density at radius 1 is 1.42 bits per heavy atom. The number of aromatic nitrogens is 3. The standard InChI is InChI=1S/C12H21N5O2/c1-12(2,17-8-13-7-14-17)11(19)16-5-9(15(3)4)10(18)6-16/h7-10,18H,5-6H2,1-4H3/t9-,10-/m1/s1. The van der Waals surface area contributed by atoms with Crippen LogP contribution in [0.15, 0.2) is 12.7 Å². The van der Waals surface area contributed by atoms with Crippen molar-refractivity contribution >= 4 is 5.91 Å². The lowest BCUT2D eigenvalue weighted by Crippen LogP contribution is -2.47. The topological polar surface area (TPSA) is 74.5 Å². The first-order valence-corrected chi connectivity index (χ1v) is 6.33. The molecule has 19 heavy (non-hydrogen) atoms.